The van der Waals surface area contributed by atoms with Crippen LogP contribution in [0.4, 0.5) is 10.1 Å². The molecule has 1 fully saturated rings. The number of anilines is 1. The van der Waals surface area contributed by atoms with Crippen molar-refractivity contribution in [2.75, 3.05) is 25.1 Å². The molecule has 5 heteroatoms. The number of hydrogen-bond donors (Lipinski definition) is 2. The first-order valence-corrected chi connectivity index (χ1v) is 6.53. The lowest BCUT2D eigenvalue weighted by molar-refractivity contribution is -0.120. The summed E-state index contributed by atoms with van der Waals surface area (Å²) in [5.74, 6) is -0.451. The van der Waals surface area contributed by atoms with Crippen LogP contribution < -0.4 is 10.6 Å². The van der Waals surface area contributed by atoms with Crippen molar-refractivity contribution in [2.24, 2.45) is 0 Å². The highest BCUT2D eigenvalue weighted by molar-refractivity contribution is 5.81. The van der Waals surface area contributed by atoms with Crippen molar-refractivity contribution in [3.05, 3.63) is 29.6 Å². The summed E-state index contributed by atoms with van der Waals surface area (Å²) in [6.07, 6.45) is 1.68. The summed E-state index contributed by atoms with van der Waals surface area (Å²) >= 11 is 0. The SMILES string of the molecule is Cc1cccc(F)c1NCC(=O)NC1CCOCC1. The molecule has 0 unspecified atom stereocenters. The zero-order chi connectivity index (χ0) is 13.7. The first-order chi connectivity index (χ1) is 9.16. The van der Waals surface area contributed by atoms with Gasteiger partial charge in [-0.25, -0.2) is 4.39 Å². The number of rotatable bonds is 4. The summed E-state index contributed by atoms with van der Waals surface area (Å²) in [6, 6.07) is 5.01. The van der Waals surface area contributed by atoms with Gasteiger partial charge in [0.25, 0.3) is 0 Å². The number of carbonyl (C=O) groups is 1. The van der Waals surface area contributed by atoms with E-state index < -0.39 is 0 Å². The summed E-state index contributed by atoms with van der Waals surface area (Å²) < 4.78 is 18.8. The molecule has 0 bridgehead atoms. The molecule has 0 spiro atoms. The van der Waals surface area contributed by atoms with Gasteiger partial charge in [0, 0.05) is 19.3 Å². The molecule has 4 nitrogen and oxygen atoms in total. The number of aryl methyl sites for hydroxylation is 1. The fourth-order valence-electron chi connectivity index (χ4n) is 2.15. The van der Waals surface area contributed by atoms with Crippen LogP contribution in [0.3, 0.4) is 0 Å². The third kappa shape index (κ3) is 3.92. The first-order valence-electron chi connectivity index (χ1n) is 6.53. The van der Waals surface area contributed by atoms with Crippen LogP contribution in [0.2, 0.25) is 0 Å². The van der Waals surface area contributed by atoms with E-state index in [2.05, 4.69) is 10.6 Å². The first kappa shape index (κ1) is 13.8. The molecule has 1 heterocycles. The second-order valence-electron chi connectivity index (χ2n) is 4.74. The number of ether oxygens (including phenoxy) is 1. The Kier molecular flexibility index (Phi) is 4.74. The van der Waals surface area contributed by atoms with E-state index in [1.165, 1.54) is 6.07 Å². The summed E-state index contributed by atoms with van der Waals surface area (Å²) in [4.78, 5) is 11.8. The van der Waals surface area contributed by atoms with Gasteiger partial charge in [0.15, 0.2) is 0 Å². The second-order valence-corrected chi connectivity index (χ2v) is 4.74. The molecule has 1 saturated heterocycles. The summed E-state index contributed by atoms with van der Waals surface area (Å²) in [5.41, 5.74) is 1.18. The molecule has 2 N–H and O–H groups in total. The van der Waals surface area contributed by atoms with Crippen molar-refractivity contribution < 1.29 is 13.9 Å². The van der Waals surface area contributed by atoms with E-state index in [0.29, 0.717) is 18.9 Å². The summed E-state index contributed by atoms with van der Waals surface area (Å²) in [6.45, 7) is 3.26. The van der Waals surface area contributed by atoms with Crippen LogP contribution in [0.1, 0.15) is 18.4 Å². The molecular weight excluding hydrogens is 247 g/mol. The van der Waals surface area contributed by atoms with E-state index in [9.17, 15) is 9.18 Å². The predicted octanol–water partition coefficient (Wildman–Crippen LogP) is 1.84. The lowest BCUT2D eigenvalue weighted by Crippen LogP contribution is -2.41. The van der Waals surface area contributed by atoms with Gasteiger partial charge in [0.05, 0.1) is 12.2 Å². The zero-order valence-corrected chi connectivity index (χ0v) is 11.0. The average Bonchev–Trinajstić information content (AvgIpc) is 2.39. The number of amides is 1. The van der Waals surface area contributed by atoms with Crippen LogP contribution in [-0.4, -0.2) is 31.7 Å². The van der Waals surface area contributed by atoms with E-state index in [0.717, 1.165) is 18.4 Å². The van der Waals surface area contributed by atoms with Crippen molar-refractivity contribution in [1.29, 1.82) is 0 Å². The number of carbonyl (C=O) groups excluding carboxylic acids is 1. The molecule has 1 aromatic carbocycles. The second kappa shape index (κ2) is 6.52. The largest absolute Gasteiger partial charge is 0.381 e. The molecule has 1 aromatic rings. The molecule has 1 aliphatic rings. The van der Waals surface area contributed by atoms with E-state index >= 15 is 0 Å². The zero-order valence-electron chi connectivity index (χ0n) is 11.0. The van der Waals surface area contributed by atoms with Gasteiger partial charge in [0.1, 0.15) is 5.82 Å². The predicted molar refractivity (Wildman–Crippen MR) is 71.6 cm³/mol. The number of para-hydroxylation sites is 1. The highest BCUT2D eigenvalue weighted by Crippen LogP contribution is 2.18. The normalized spacial score (nSPS) is 16.1. The van der Waals surface area contributed by atoms with E-state index in [1.54, 1.807) is 6.07 Å². The van der Waals surface area contributed by atoms with Gasteiger partial charge < -0.3 is 15.4 Å². The molecule has 0 atom stereocenters. The Morgan fingerprint density at radius 1 is 1.42 bits per heavy atom. The maximum absolute atomic E-state index is 13.5. The maximum Gasteiger partial charge on any atom is 0.239 e. The minimum atomic E-state index is -0.334. The Bertz CT molecular complexity index is 425. The van der Waals surface area contributed by atoms with Crippen LogP contribution >= 0.6 is 0 Å². The van der Waals surface area contributed by atoms with Crippen LogP contribution in [0.5, 0.6) is 0 Å². The van der Waals surface area contributed by atoms with Gasteiger partial charge in [-0.05, 0) is 31.4 Å². The van der Waals surface area contributed by atoms with Gasteiger partial charge in [-0.2, -0.15) is 0 Å². The maximum atomic E-state index is 13.5. The van der Waals surface area contributed by atoms with E-state index in [1.807, 2.05) is 13.0 Å². The molecule has 104 valence electrons. The Hall–Kier alpha value is -1.62. The standard InChI is InChI=1S/C14H19FN2O2/c1-10-3-2-4-12(15)14(10)16-9-13(18)17-11-5-7-19-8-6-11/h2-4,11,16H,5-9H2,1H3,(H,17,18). The van der Waals surface area contributed by atoms with Gasteiger partial charge in [-0.3, -0.25) is 4.79 Å². The van der Waals surface area contributed by atoms with Crippen molar-refractivity contribution in [1.82, 2.24) is 5.32 Å². The Morgan fingerprint density at radius 2 is 2.16 bits per heavy atom. The van der Waals surface area contributed by atoms with Gasteiger partial charge >= 0.3 is 0 Å². The van der Waals surface area contributed by atoms with Crippen LogP contribution in [-0.2, 0) is 9.53 Å². The van der Waals surface area contributed by atoms with Crippen molar-refractivity contribution in [2.45, 2.75) is 25.8 Å². The topological polar surface area (TPSA) is 50.4 Å². The summed E-state index contributed by atoms with van der Waals surface area (Å²) in [7, 11) is 0. The minimum absolute atomic E-state index is 0.0825. The Morgan fingerprint density at radius 3 is 2.84 bits per heavy atom. The molecule has 1 aliphatic heterocycles. The third-order valence-electron chi connectivity index (χ3n) is 3.23. The highest BCUT2D eigenvalue weighted by atomic mass is 19.1. The third-order valence-corrected chi connectivity index (χ3v) is 3.23. The molecule has 2 rings (SSSR count). The number of nitrogens with one attached hydrogen (secondary N) is 2. The molecular formula is C14H19FN2O2. The van der Waals surface area contributed by atoms with Crippen LogP contribution in [0.25, 0.3) is 0 Å². The average molecular weight is 266 g/mol. The van der Waals surface area contributed by atoms with Gasteiger partial charge in [-0.15, -0.1) is 0 Å². The Balaban J connectivity index is 1.83. The smallest absolute Gasteiger partial charge is 0.239 e. The van der Waals surface area contributed by atoms with Crippen molar-refractivity contribution in [3.8, 4) is 0 Å². The van der Waals surface area contributed by atoms with Crippen LogP contribution in [0.15, 0.2) is 18.2 Å². The monoisotopic (exact) mass is 266 g/mol. The van der Waals surface area contributed by atoms with Gasteiger partial charge in [0.2, 0.25) is 5.91 Å². The number of hydrogen-bond acceptors (Lipinski definition) is 3. The highest BCUT2D eigenvalue weighted by Gasteiger charge is 2.16. The fourth-order valence-corrected chi connectivity index (χ4v) is 2.15. The van der Waals surface area contributed by atoms with Crippen molar-refractivity contribution >= 4 is 11.6 Å². The summed E-state index contributed by atoms with van der Waals surface area (Å²) in [5, 5.41) is 5.78. The molecule has 19 heavy (non-hydrogen) atoms. The quantitative estimate of drug-likeness (QED) is 0.874. The molecule has 0 saturated carbocycles. The molecule has 1 amide bonds. The fraction of sp³-hybridized carbons (Fsp3) is 0.500. The molecule has 0 aromatic heterocycles. The van der Waals surface area contributed by atoms with E-state index in [4.69, 9.17) is 4.74 Å². The number of benzene rings is 1. The minimum Gasteiger partial charge on any atom is -0.381 e. The lowest BCUT2D eigenvalue weighted by atomic mass is 10.1. The van der Waals surface area contributed by atoms with Gasteiger partial charge in [-0.1, -0.05) is 12.1 Å². The Labute approximate surface area is 112 Å². The lowest BCUT2D eigenvalue weighted by Gasteiger charge is -2.23. The van der Waals surface area contributed by atoms with E-state index in [-0.39, 0.29) is 24.3 Å². The number of halogens is 1. The van der Waals surface area contributed by atoms with Crippen LogP contribution in [0, 0.1) is 12.7 Å². The molecule has 0 aliphatic carbocycles. The molecule has 0 radical (unpaired) electrons. The van der Waals surface area contributed by atoms with Crippen molar-refractivity contribution in [3.63, 3.8) is 0 Å².